The molecule has 2 heterocycles. The third kappa shape index (κ3) is 6.56. The number of amides is 2. The number of hydrogen-bond donors (Lipinski definition) is 0. The summed E-state index contributed by atoms with van der Waals surface area (Å²) in [6.07, 6.45) is 0.00599. The molecule has 1 atom stereocenters. The molecule has 2 amide bonds. The smallest absolute Gasteiger partial charge is 0.336 e. The number of hydrogen-bond acceptors (Lipinski definition) is 6. The highest BCUT2D eigenvalue weighted by Gasteiger charge is 2.37. The molecule has 3 aromatic rings. The lowest BCUT2D eigenvalue weighted by molar-refractivity contribution is -0.140. The Kier molecular flexibility index (Phi) is 9.09. The van der Waals surface area contributed by atoms with Crippen molar-refractivity contribution in [2.24, 2.45) is 0 Å². The van der Waals surface area contributed by atoms with Gasteiger partial charge < -0.3 is 24.2 Å². The van der Waals surface area contributed by atoms with Crippen molar-refractivity contribution in [3.8, 4) is 5.75 Å². The first-order valence-corrected chi connectivity index (χ1v) is 14.5. The summed E-state index contributed by atoms with van der Waals surface area (Å²) < 4.78 is 24.6. The van der Waals surface area contributed by atoms with Gasteiger partial charge in [0.05, 0.1) is 25.8 Å². The van der Waals surface area contributed by atoms with E-state index in [4.69, 9.17) is 9.47 Å². The number of ether oxygens (including phenoxy) is 2. The Balaban J connectivity index is 1.31. The van der Waals surface area contributed by atoms with Crippen LogP contribution in [0.25, 0.3) is 0 Å². The van der Waals surface area contributed by atoms with E-state index >= 15 is 0 Å². The van der Waals surface area contributed by atoms with Crippen molar-refractivity contribution in [3.05, 3.63) is 107 Å². The van der Waals surface area contributed by atoms with Crippen molar-refractivity contribution in [3.63, 3.8) is 0 Å². The summed E-state index contributed by atoms with van der Waals surface area (Å²) in [5.74, 6) is -1.01. The normalized spacial score (nSPS) is 17.3. The number of benzene rings is 3. The fourth-order valence-corrected chi connectivity index (χ4v) is 5.81. The van der Waals surface area contributed by atoms with Crippen LogP contribution in [-0.4, -0.2) is 67.5 Å². The van der Waals surface area contributed by atoms with E-state index in [1.165, 1.54) is 12.1 Å². The maximum atomic E-state index is 14.1. The van der Waals surface area contributed by atoms with Gasteiger partial charge in [-0.2, -0.15) is 0 Å². The number of carbonyl (C=O) groups excluding carboxylic acids is 3. The van der Waals surface area contributed by atoms with E-state index in [0.29, 0.717) is 48.6 Å². The average Bonchev–Trinajstić information content (AvgIpc) is 3.02. The first kappa shape index (κ1) is 29.8. The van der Waals surface area contributed by atoms with Gasteiger partial charge in [-0.1, -0.05) is 24.3 Å². The second-order valence-corrected chi connectivity index (χ2v) is 10.7. The van der Waals surface area contributed by atoms with Crippen LogP contribution in [0.3, 0.4) is 0 Å². The highest BCUT2D eigenvalue weighted by molar-refractivity contribution is 5.96. The van der Waals surface area contributed by atoms with Crippen molar-refractivity contribution >= 4 is 23.5 Å². The Bertz CT molecular complexity index is 1530. The molecular weight excluding hydrogens is 549 g/mol. The third-order valence-electron chi connectivity index (χ3n) is 8.09. The van der Waals surface area contributed by atoms with E-state index in [9.17, 15) is 18.8 Å². The topological polar surface area (TPSA) is 79.4 Å². The first-order chi connectivity index (χ1) is 20.8. The Morgan fingerprint density at radius 3 is 2.35 bits per heavy atom. The van der Waals surface area contributed by atoms with E-state index in [1.807, 2.05) is 41.3 Å². The highest BCUT2D eigenvalue weighted by atomic mass is 19.1. The molecule has 43 heavy (non-hydrogen) atoms. The van der Waals surface area contributed by atoms with Crippen LogP contribution < -0.4 is 9.64 Å². The lowest BCUT2D eigenvalue weighted by Crippen LogP contribution is -2.48. The van der Waals surface area contributed by atoms with Gasteiger partial charge in [0.15, 0.2) is 0 Å². The highest BCUT2D eigenvalue weighted by Crippen LogP contribution is 2.38. The van der Waals surface area contributed by atoms with Crippen LogP contribution in [0.15, 0.2) is 84.1 Å². The van der Waals surface area contributed by atoms with Crippen molar-refractivity contribution in [1.29, 1.82) is 0 Å². The molecule has 0 saturated carbocycles. The van der Waals surface area contributed by atoms with Gasteiger partial charge in [-0.3, -0.25) is 9.59 Å². The fourth-order valence-electron chi connectivity index (χ4n) is 5.81. The molecule has 2 aliphatic heterocycles. The summed E-state index contributed by atoms with van der Waals surface area (Å²) >= 11 is 0. The van der Waals surface area contributed by atoms with Gasteiger partial charge in [0.1, 0.15) is 11.6 Å². The molecule has 0 aliphatic carbocycles. The van der Waals surface area contributed by atoms with Crippen LogP contribution in [0, 0.1) is 5.82 Å². The number of halogens is 1. The van der Waals surface area contributed by atoms with Crippen molar-refractivity contribution in [1.82, 2.24) is 9.80 Å². The fraction of sp³-hybridized carbons (Fsp3) is 0.324. The predicted octanol–water partition coefficient (Wildman–Crippen LogP) is 5.15. The molecule has 0 spiro atoms. The minimum absolute atomic E-state index is 0.00599. The lowest BCUT2D eigenvalue weighted by Gasteiger charge is -2.36. The van der Waals surface area contributed by atoms with Gasteiger partial charge in [0.2, 0.25) is 5.91 Å². The Labute approximate surface area is 251 Å². The number of nitrogens with zero attached hydrogens (tertiary/aromatic N) is 3. The molecule has 0 N–H and O–H groups in total. The number of esters is 1. The molecule has 0 radical (unpaired) electrons. The Morgan fingerprint density at radius 1 is 0.953 bits per heavy atom. The summed E-state index contributed by atoms with van der Waals surface area (Å²) in [4.78, 5) is 45.6. The van der Waals surface area contributed by atoms with E-state index in [-0.39, 0.29) is 31.4 Å². The van der Waals surface area contributed by atoms with Gasteiger partial charge in [-0.15, -0.1) is 0 Å². The second kappa shape index (κ2) is 13.1. The molecule has 2 aliphatic rings. The van der Waals surface area contributed by atoms with Crippen LogP contribution in [0.5, 0.6) is 5.75 Å². The van der Waals surface area contributed by atoms with Crippen molar-refractivity contribution in [2.75, 3.05) is 44.8 Å². The molecular formula is C34H36FN3O5. The van der Waals surface area contributed by atoms with Crippen LogP contribution >= 0.6 is 0 Å². The zero-order valence-electron chi connectivity index (χ0n) is 24.7. The van der Waals surface area contributed by atoms with E-state index in [2.05, 4.69) is 4.90 Å². The van der Waals surface area contributed by atoms with Gasteiger partial charge in [-0.25, -0.2) is 9.18 Å². The van der Waals surface area contributed by atoms with Gasteiger partial charge in [0, 0.05) is 55.5 Å². The van der Waals surface area contributed by atoms with Crippen molar-refractivity contribution < 1.29 is 28.2 Å². The van der Waals surface area contributed by atoms with Gasteiger partial charge in [-0.05, 0) is 73.5 Å². The monoisotopic (exact) mass is 585 g/mol. The maximum Gasteiger partial charge on any atom is 0.336 e. The second-order valence-electron chi connectivity index (χ2n) is 10.7. The van der Waals surface area contributed by atoms with E-state index in [0.717, 1.165) is 17.0 Å². The summed E-state index contributed by atoms with van der Waals surface area (Å²) in [5, 5.41) is 0. The van der Waals surface area contributed by atoms with Crippen LogP contribution in [-0.2, 0) is 20.9 Å². The average molecular weight is 586 g/mol. The summed E-state index contributed by atoms with van der Waals surface area (Å²) in [6.45, 7) is 6.41. The van der Waals surface area contributed by atoms with Crippen molar-refractivity contribution in [2.45, 2.75) is 32.7 Å². The molecule has 9 heteroatoms. The molecule has 1 saturated heterocycles. The van der Waals surface area contributed by atoms with Crippen LogP contribution in [0.2, 0.25) is 0 Å². The molecule has 0 bridgehead atoms. The molecule has 1 fully saturated rings. The number of methoxy groups -OCH3 is 1. The zero-order valence-corrected chi connectivity index (χ0v) is 24.7. The summed E-state index contributed by atoms with van der Waals surface area (Å²) in [5.41, 5.74) is 3.76. The minimum Gasteiger partial charge on any atom is -0.497 e. The molecule has 224 valence electrons. The number of allylic oxidation sites excluding steroid dienone is 1. The minimum atomic E-state index is -0.608. The molecule has 1 unspecified atom stereocenters. The van der Waals surface area contributed by atoms with E-state index in [1.54, 1.807) is 50.1 Å². The SMILES string of the molecule is CCOC(=O)C1=C(C)N(Cc2cccc(C(=O)N3CCN(c4ccc(OC)cc4)CC3)c2)C(=O)CC1c1cccc(F)c1. The number of rotatable bonds is 8. The number of carbonyl (C=O) groups is 3. The number of piperazine rings is 1. The molecule has 5 rings (SSSR count). The molecule has 8 nitrogen and oxygen atoms in total. The summed E-state index contributed by atoms with van der Waals surface area (Å²) in [6, 6.07) is 21.1. The maximum absolute atomic E-state index is 14.1. The predicted molar refractivity (Wildman–Crippen MR) is 161 cm³/mol. The molecule has 3 aromatic carbocycles. The van der Waals surface area contributed by atoms with Gasteiger partial charge >= 0.3 is 5.97 Å². The Morgan fingerprint density at radius 2 is 1.67 bits per heavy atom. The quantitative estimate of drug-likeness (QED) is 0.341. The standard InChI is InChI=1S/C34H36FN3O5/c1-4-43-34(41)32-23(2)38(31(39)21-30(32)25-8-6-10-27(35)20-25)22-24-7-5-9-26(19-24)33(40)37-17-15-36(16-18-37)28-11-13-29(42-3)14-12-28/h5-14,19-20,30H,4,15-18,21-22H2,1-3H3. The van der Waals surface area contributed by atoms with Gasteiger partial charge in [0.25, 0.3) is 5.91 Å². The lowest BCUT2D eigenvalue weighted by atomic mass is 9.83. The summed E-state index contributed by atoms with van der Waals surface area (Å²) in [7, 11) is 1.64. The van der Waals surface area contributed by atoms with Crippen LogP contribution in [0.4, 0.5) is 10.1 Å². The largest absolute Gasteiger partial charge is 0.497 e. The zero-order chi connectivity index (χ0) is 30.5. The molecule has 0 aromatic heterocycles. The number of anilines is 1. The van der Waals surface area contributed by atoms with E-state index < -0.39 is 17.7 Å². The van der Waals surface area contributed by atoms with Crippen LogP contribution in [0.1, 0.15) is 47.7 Å². The first-order valence-electron chi connectivity index (χ1n) is 14.5. The third-order valence-corrected chi connectivity index (χ3v) is 8.09. The Hall–Kier alpha value is -4.66.